The molecule has 750 valence electrons. The van der Waals surface area contributed by atoms with Gasteiger partial charge >= 0.3 is 20.1 Å². The van der Waals surface area contributed by atoms with Crippen molar-refractivity contribution in [3.63, 3.8) is 0 Å². The van der Waals surface area contributed by atoms with E-state index in [0.29, 0.717) is 144 Å². The molecular formula is C96H165IrN24O9S3. The minimum absolute atomic E-state index is 0. The van der Waals surface area contributed by atoms with E-state index in [1.54, 1.807) is 0 Å². The van der Waals surface area contributed by atoms with Gasteiger partial charge in [0, 0.05) is 17.8 Å². The molecule has 0 aromatic heterocycles. The van der Waals surface area contributed by atoms with E-state index in [1.807, 2.05) is 0 Å². The maximum atomic E-state index is 12.7. The van der Waals surface area contributed by atoms with E-state index in [2.05, 4.69) is 128 Å². The number of rotatable bonds is 3. The maximum absolute atomic E-state index is 12.7. The van der Waals surface area contributed by atoms with Crippen LogP contribution in [-0.4, -0.2) is 203 Å². The fourth-order valence-electron chi connectivity index (χ4n) is 37.0. The predicted octanol–water partition coefficient (Wildman–Crippen LogP) is 3.39. The molecule has 15 saturated heterocycles. The molecule has 133 heavy (non-hydrogen) atoms. The molecule has 33 nitrogen and oxygen atoms in total. The Morgan fingerprint density at radius 1 is 0.128 bits per heavy atom. The van der Waals surface area contributed by atoms with Crippen LogP contribution in [0.4, 0.5) is 0 Å². The molecule has 15 aliphatic heterocycles. The second kappa shape index (κ2) is 39.0. The van der Waals surface area contributed by atoms with Gasteiger partial charge in [-0.15, -0.1) is 0 Å². The van der Waals surface area contributed by atoms with Crippen molar-refractivity contribution in [3.8, 4) is 0 Å². The monoisotopic (exact) mass is 2090 g/mol. The molecule has 51 atom stereocenters. The summed E-state index contributed by atoms with van der Waals surface area (Å²) in [5.74, 6) is 10.0. The zero-order valence-electron chi connectivity index (χ0n) is 78.5. The Kier molecular flexibility index (Phi) is 27.8. The Bertz CT molecular complexity index is 3960. The second-order valence-corrected chi connectivity index (χ2v) is 53.4. The Balaban J connectivity index is 0.000000109. The third-order valence-corrected chi connectivity index (χ3v) is 46.5. The van der Waals surface area contributed by atoms with E-state index in [-0.39, 0.29) is 185 Å². The Labute approximate surface area is 806 Å². The third kappa shape index (κ3) is 17.9. The Hall–Kier alpha value is -0.581. The molecule has 51 unspecified atom stereocenters. The van der Waals surface area contributed by atoms with Gasteiger partial charge in [-0.1, -0.05) is 135 Å². The molecule has 0 aromatic rings. The number of hydrogen-bond acceptors (Lipinski definition) is 33. The quantitative estimate of drug-likeness (QED) is 0.180. The largest absolute Gasteiger partial charge is 3.00 e. The van der Waals surface area contributed by atoms with E-state index in [0.717, 1.165) is 38.5 Å². The molecule has 27 aliphatic rings. The summed E-state index contributed by atoms with van der Waals surface area (Å²) in [6.45, 7) is 0. The van der Waals surface area contributed by atoms with Crippen LogP contribution in [0, 0.1) is 142 Å². The van der Waals surface area contributed by atoms with E-state index in [4.69, 9.17) is 0 Å². The first-order valence-corrected chi connectivity index (χ1v) is 59.8. The topological polar surface area (TPSA) is 460 Å². The molecule has 0 amide bonds. The summed E-state index contributed by atoms with van der Waals surface area (Å²) in [6.07, 6.45) is 55.5. The average molecular weight is 2090 g/mol. The molecular weight excluding hydrogens is 1920 g/mol. The summed E-state index contributed by atoms with van der Waals surface area (Å²) >= 11 is 0. The van der Waals surface area contributed by atoms with Crippen molar-refractivity contribution in [1.82, 2.24) is 128 Å². The van der Waals surface area contributed by atoms with Crippen LogP contribution < -0.4 is 128 Å². The molecule has 12 aliphatic carbocycles. The first kappa shape index (κ1) is 94.7. The van der Waals surface area contributed by atoms with Gasteiger partial charge in [0.25, 0.3) is 0 Å². The van der Waals surface area contributed by atoms with Gasteiger partial charge in [-0.3, -0.25) is 128 Å². The summed E-state index contributed by atoms with van der Waals surface area (Å²) in [5.41, 5.74) is 0. The number of nitrogens with one attached hydrogen (secondary N) is 24. The van der Waals surface area contributed by atoms with Crippen LogP contribution in [-0.2, 0) is 50.5 Å². The van der Waals surface area contributed by atoms with Crippen LogP contribution in [0.5, 0.6) is 0 Å². The predicted molar refractivity (Wildman–Crippen MR) is 498 cm³/mol. The van der Waals surface area contributed by atoms with Crippen molar-refractivity contribution < 1.29 is 59.0 Å². The van der Waals surface area contributed by atoms with Crippen molar-refractivity contribution >= 4 is 30.4 Å². The smallest absolute Gasteiger partial charge is 0.748 e. The fraction of sp³-hybridized carbons (Fsp3) is 1.00. The van der Waals surface area contributed by atoms with E-state index >= 15 is 0 Å². The zero-order chi connectivity index (χ0) is 88.7. The van der Waals surface area contributed by atoms with Crippen molar-refractivity contribution in [2.24, 2.45) is 142 Å². The van der Waals surface area contributed by atoms with Gasteiger partial charge in [-0.05, 0) is 278 Å². The Morgan fingerprint density at radius 2 is 0.218 bits per heavy atom. The summed E-state index contributed by atoms with van der Waals surface area (Å²) in [5, 5.41) is 94.6. The second-order valence-electron chi connectivity index (χ2n) is 48.6. The van der Waals surface area contributed by atoms with Gasteiger partial charge in [0.05, 0.1) is 194 Å². The molecule has 15 heterocycles. The van der Waals surface area contributed by atoms with Gasteiger partial charge in [0.1, 0.15) is 0 Å². The minimum Gasteiger partial charge on any atom is -0.748 e. The normalized spacial score (nSPS) is 55.1. The first-order valence-electron chi connectivity index (χ1n) is 55.4. The molecule has 27 rings (SSSR count). The van der Waals surface area contributed by atoms with Gasteiger partial charge in [0.15, 0.2) is 0 Å². The van der Waals surface area contributed by atoms with Crippen molar-refractivity contribution in [2.75, 3.05) is 0 Å². The molecule has 27 fully saturated rings. The number of fused-ring (bicyclic) bond motifs is 60. The molecule has 24 N–H and O–H groups in total. The van der Waals surface area contributed by atoms with Crippen LogP contribution in [0.1, 0.15) is 289 Å². The molecule has 0 spiro atoms. The van der Waals surface area contributed by atoms with Crippen molar-refractivity contribution in [3.05, 3.63) is 0 Å². The third-order valence-electron chi connectivity index (χ3n) is 42.6. The van der Waals surface area contributed by atoms with Crippen LogP contribution in [0.25, 0.3) is 0 Å². The summed E-state index contributed by atoms with van der Waals surface area (Å²) < 4.78 is 114. The Morgan fingerprint density at radius 3 is 0.323 bits per heavy atom. The summed E-state index contributed by atoms with van der Waals surface area (Å²) in [4.78, 5) is 0. The van der Waals surface area contributed by atoms with Crippen molar-refractivity contribution in [1.29, 1.82) is 0 Å². The van der Waals surface area contributed by atoms with Crippen LogP contribution in [0.2, 0.25) is 0 Å². The standard InChI is InChI=1S/3C32H56N8O3S.Ir/c3*41-44(42,43)23-15-7-14-22-24(23)32-39-30-21-13-6-5-12-20(21)28(37-30)35-26-17-9-2-1-8-16(17)25(33-26)34-27-18-10-3-4-11-19(18)29(36-27)38-31(22)40-32;/h3*16-40H,1-15H2,(H,41,42,43);/q;;;+3/p-3. The minimum atomic E-state index is -4.41. The fourth-order valence-corrected chi connectivity index (χ4v) is 40.6. The SMILES string of the molecule is O=S(=O)([O-])C1CCCC2C3NC4NC(NC5NC(NC6NC(NC(N3)C21)C1CCCCC61)C1CCCCC51)C1CCCCC41.O=S(=O)([O-])C1CCCC2C3NC4NC(NC5NC(NC6NC(NC(N3)C21)C1CCCCC61)C1CCCCC51)C1CCCCC41.O=S(=O)([O-])C1CCCC2C3NC4NC(NC5NC(NC6NC(NC(N3)C21)C1CCCCC61)C1CCCCC51)C1CCCCC41.[Ir+3]. The summed E-state index contributed by atoms with van der Waals surface area (Å²) in [7, 11) is -13.2. The van der Waals surface area contributed by atoms with Crippen LogP contribution in [0.15, 0.2) is 0 Å². The van der Waals surface area contributed by atoms with E-state index in [9.17, 15) is 38.9 Å². The van der Waals surface area contributed by atoms with Crippen LogP contribution >= 0.6 is 0 Å². The molecule has 0 aromatic carbocycles. The maximum Gasteiger partial charge on any atom is 3.00 e. The molecule has 24 bridgehead atoms. The van der Waals surface area contributed by atoms with Gasteiger partial charge in [0.2, 0.25) is 0 Å². The van der Waals surface area contributed by atoms with Gasteiger partial charge in [-0.25, -0.2) is 25.3 Å². The average Bonchev–Trinajstić information content (AvgIpc) is 1.60. The number of hydrogen-bond donors (Lipinski definition) is 24. The molecule has 37 heteroatoms. The van der Waals surface area contributed by atoms with Crippen molar-refractivity contribution in [2.45, 2.75) is 453 Å². The van der Waals surface area contributed by atoms with Gasteiger partial charge < -0.3 is 13.7 Å². The van der Waals surface area contributed by atoms with Crippen LogP contribution in [0.3, 0.4) is 0 Å². The first-order chi connectivity index (χ1) is 64.3. The van der Waals surface area contributed by atoms with E-state index in [1.165, 1.54) is 231 Å². The summed E-state index contributed by atoms with van der Waals surface area (Å²) in [6, 6.07) is 0. The molecule has 12 saturated carbocycles. The van der Waals surface area contributed by atoms with Gasteiger partial charge in [-0.2, -0.15) is 0 Å². The molecule has 0 radical (unpaired) electrons. The van der Waals surface area contributed by atoms with E-state index < -0.39 is 46.1 Å². The zero-order valence-corrected chi connectivity index (χ0v) is 83.3.